The van der Waals surface area contributed by atoms with E-state index in [9.17, 15) is 19.8 Å². The predicted molar refractivity (Wildman–Crippen MR) is 125 cm³/mol. The standard InChI is InChI=1S/C28H36O6/c1-15-13-21(33-23(30)16(15)2)26(5,31)27(32)14-22-28(34-22)19-10-9-17-7-6-8-20(29)25(17,4)18(19)11-12-24(27,28)3/h6-7,9,18-19,21-22,31-32H,8,10-14H2,1-5H3/t18-,19+,21+,22+,24+,25-,26-,27-,28+/m0/s1. The van der Waals surface area contributed by atoms with E-state index in [4.69, 9.17) is 9.47 Å². The molecule has 6 rings (SSSR count). The van der Waals surface area contributed by atoms with E-state index in [1.165, 1.54) is 0 Å². The third-order valence-corrected chi connectivity index (χ3v) is 11.3. The SMILES string of the molecule is CC1=C(C)C(=O)O[C@@H]([C@](C)(O)[C@]2(O)C[C@H]3O[C@]34[C@@H]3CC=C5C=CCC(=O)[C@]5(C)[C@H]3CC[C@@]42C)C1. The Bertz CT molecular complexity index is 1100. The monoisotopic (exact) mass is 468 g/mol. The van der Waals surface area contributed by atoms with Gasteiger partial charge in [-0.25, -0.2) is 4.79 Å². The van der Waals surface area contributed by atoms with Crippen LogP contribution in [0.2, 0.25) is 0 Å². The number of carbonyl (C=O) groups excluding carboxylic acids is 2. The molecule has 9 atom stereocenters. The van der Waals surface area contributed by atoms with Crippen LogP contribution in [0.3, 0.4) is 0 Å². The molecule has 6 aliphatic rings. The van der Waals surface area contributed by atoms with Crippen molar-refractivity contribution < 1.29 is 29.3 Å². The number of Topliss-reactive ketones (excluding diaryl/α,β-unsaturated/α-hetero) is 1. The molecule has 4 aliphatic carbocycles. The number of ketones is 1. The molecule has 0 unspecified atom stereocenters. The number of rotatable bonds is 2. The van der Waals surface area contributed by atoms with Gasteiger partial charge in [-0.05, 0) is 64.4 Å². The number of fused-ring (bicyclic) bond motifs is 3. The summed E-state index contributed by atoms with van der Waals surface area (Å²) >= 11 is 0. The average molecular weight is 469 g/mol. The minimum absolute atomic E-state index is 0.100. The molecule has 0 radical (unpaired) electrons. The molecule has 0 amide bonds. The summed E-state index contributed by atoms with van der Waals surface area (Å²) in [6, 6.07) is 0. The average Bonchev–Trinajstić information content (AvgIpc) is 3.44. The zero-order chi connectivity index (χ0) is 24.5. The molecule has 1 saturated heterocycles. The van der Waals surface area contributed by atoms with Crippen LogP contribution in [0.5, 0.6) is 0 Å². The fourth-order valence-corrected chi connectivity index (χ4v) is 8.81. The number of hydrogen-bond donors (Lipinski definition) is 2. The van der Waals surface area contributed by atoms with Gasteiger partial charge in [0.25, 0.3) is 0 Å². The summed E-state index contributed by atoms with van der Waals surface area (Å²) in [5, 5.41) is 24.3. The Morgan fingerprint density at radius 1 is 1.18 bits per heavy atom. The first-order valence-electron chi connectivity index (χ1n) is 12.7. The second-order valence-electron chi connectivity index (χ2n) is 12.3. The molecule has 3 fully saturated rings. The van der Waals surface area contributed by atoms with Gasteiger partial charge in [0.1, 0.15) is 28.7 Å². The van der Waals surface area contributed by atoms with Crippen molar-refractivity contribution in [2.75, 3.05) is 0 Å². The maximum absolute atomic E-state index is 13.2. The van der Waals surface area contributed by atoms with Crippen LogP contribution in [0.1, 0.15) is 73.1 Å². The molecule has 0 aromatic rings. The highest BCUT2D eigenvalue weighted by Gasteiger charge is 2.87. The highest BCUT2D eigenvalue weighted by molar-refractivity contribution is 5.92. The van der Waals surface area contributed by atoms with Crippen LogP contribution in [0.25, 0.3) is 0 Å². The molecule has 6 heteroatoms. The maximum atomic E-state index is 13.2. The quantitative estimate of drug-likeness (QED) is 0.475. The fourth-order valence-electron chi connectivity index (χ4n) is 8.81. The fraction of sp³-hybridized carbons (Fsp3) is 0.714. The first kappa shape index (κ1) is 22.7. The van der Waals surface area contributed by atoms with E-state index in [0.717, 1.165) is 24.0 Å². The Kier molecular flexibility index (Phi) is 4.34. The molecule has 34 heavy (non-hydrogen) atoms. The van der Waals surface area contributed by atoms with Crippen LogP contribution in [0.15, 0.2) is 34.9 Å². The molecule has 2 heterocycles. The van der Waals surface area contributed by atoms with E-state index in [0.29, 0.717) is 31.3 Å². The lowest BCUT2D eigenvalue weighted by molar-refractivity contribution is -0.270. The summed E-state index contributed by atoms with van der Waals surface area (Å²) in [7, 11) is 0. The van der Waals surface area contributed by atoms with Crippen molar-refractivity contribution in [1.82, 2.24) is 0 Å². The van der Waals surface area contributed by atoms with E-state index >= 15 is 0 Å². The van der Waals surface area contributed by atoms with Gasteiger partial charge in [-0.2, -0.15) is 0 Å². The molecule has 0 bridgehead atoms. The Morgan fingerprint density at radius 2 is 1.91 bits per heavy atom. The topological polar surface area (TPSA) is 96.4 Å². The summed E-state index contributed by atoms with van der Waals surface area (Å²) in [4.78, 5) is 25.7. The number of esters is 1. The molecule has 0 aromatic carbocycles. The van der Waals surface area contributed by atoms with Crippen LogP contribution in [-0.2, 0) is 19.1 Å². The van der Waals surface area contributed by atoms with Crippen LogP contribution < -0.4 is 0 Å². The van der Waals surface area contributed by atoms with Gasteiger partial charge in [0.15, 0.2) is 0 Å². The third kappa shape index (κ3) is 2.29. The van der Waals surface area contributed by atoms with Gasteiger partial charge in [0.2, 0.25) is 0 Å². The zero-order valence-corrected chi connectivity index (χ0v) is 20.8. The summed E-state index contributed by atoms with van der Waals surface area (Å²) < 4.78 is 12.1. The van der Waals surface area contributed by atoms with Gasteiger partial charge in [-0.15, -0.1) is 0 Å². The number of aliphatic hydroxyl groups is 2. The van der Waals surface area contributed by atoms with Gasteiger partial charge < -0.3 is 19.7 Å². The van der Waals surface area contributed by atoms with Gasteiger partial charge >= 0.3 is 5.97 Å². The van der Waals surface area contributed by atoms with Crippen LogP contribution >= 0.6 is 0 Å². The van der Waals surface area contributed by atoms with Crippen molar-refractivity contribution in [2.24, 2.45) is 22.7 Å². The van der Waals surface area contributed by atoms with Crippen molar-refractivity contribution in [3.05, 3.63) is 34.9 Å². The second-order valence-corrected chi connectivity index (χ2v) is 12.3. The van der Waals surface area contributed by atoms with Gasteiger partial charge in [0, 0.05) is 30.3 Å². The second kappa shape index (κ2) is 6.51. The van der Waals surface area contributed by atoms with E-state index in [-0.39, 0.29) is 23.7 Å². The van der Waals surface area contributed by atoms with Crippen molar-refractivity contribution in [2.45, 2.75) is 102 Å². The van der Waals surface area contributed by atoms with E-state index in [2.05, 4.69) is 19.1 Å². The molecule has 184 valence electrons. The third-order valence-electron chi connectivity index (χ3n) is 11.3. The van der Waals surface area contributed by atoms with Crippen molar-refractivity contribution in [3.63, 3.8) is 0 Å². The van der Waals surface area contributed by atoms with Crippen LogP contribution in [-0.4, -0.2) is 51.0 Å². The number of carbonyl (C=O) groups is 2. The molecule has 1 spiro atoms. The molecule has 6 nitrogen and oxygen atoms in total. The van der Waals surface area contributed by atoms with Crippen molar-refractivity contribution >= 4 is 11.8 Å². The summed E-state index contributed by atoms with van der Waals surface area (Å²) in [5.41, 5.74) is -2.37. The van der Waals surface area contributed by atoms with Crippen molar-refractivity contribution in [3.8, 4) is 0 Å². The Hall–Kier alpha value is -1.76. The minimum Gasteiger partial charge on any atom is -0.455 e. The van der Waals surface area contributed by atoms with E-state index in [1.807, 2.05) is 19.9 Å². The number of ether oxygens (including phenoxy) is 2. The van der Waals surface area contributed by atoms with Gasteiger partial charge in [-0.1, -0.05) is 30.7 Å². The normalized spacial score (nSPS) is 51.0. The van der Waals surface area contributed by atoms with Gasteiger partial charge in [-0.3, -0.25) is 4.79 Å². The number of allylic oxidation sites excluding steroid dienone is 4. The lowest BCUT2D eigenvalue weighted by Gasteiger charge is -2.60. The lowest BCUT2D eigenvalue weighted by Crippen LogP contribution is -2.71. The smallest absolute Gasteiger partial charge is 0.334 e. The number of epoxide rings is 1. The van der Waals surface area contributed by atoms with Crippen molar-refractivity contribution in [1.29, 1.82) is 0 Å². The molecule has 0 aromatic heterocycles. The summed E-state index contributed by atoms with van der Waals surface area (Å²) in [6.45, 7) is 9.39. The Morgan fingerprint density at radius 3 is 2.62 bits per heavy atom. The first-order valence-corrected chi connectivity index (χ1v) is 12.7. The Balaban J connectivity index is 1.39. The van der Waals surface area contributed by atoms with Gasteiger partial charge in [0.05, 0.1) is 11.5 Å². The first-order chi connectivity index (χ1) is 15.8. The van der Waals surface area contributed by atoms with Crippen LogP contribution in [0.4, 0.5) is 0 Å². The highest BCUT2D eigenvalue weighted by atomic mass is 16.6. The highest BCUT2D eigenvalue weighted by Crippen LogP contribution is 2.78. The zero-order valence-electron chi connectivity index (χ0n) is 20.8. The maximum Gasteiger partial charge on any atom is 0.334 e. The molecular formula is C28H36O6. The van der Waals surface area contributed by atoms with Crippen LogP contribution in [0, 0.1) is 22.7 Å². The summed E-state index contributed by atoms with van der Waals surface area (Å²) in [6.07, 6.45) is 8.68. The van der Waals surface area contributed by atoms with E-state index < -0.39 is 39.7 Å². The minimum atomic E-state index is -1.64. The molecule has 2 aliphatic heterocycles. The summed E-state index contributed by atoms with van der Waals surface area (Å²) in [5.74, 6) is 0.0845. The largest absolute Gasteiger partial charge is 0.455 e. The molecular weight excluding hydrogens is 432 g/mol. The number of hydrogen-bond acceptors (Lipinski definition) is 6. The number of cyclic esters (lactones) is 1. The molecule has 2 N–H and O–H groups in total. The molecule has 2 saturated carbocycles. The Labute approximate surface area is 201 Å². The predicted octanol–water partition coefficient (Wildman–Crippen LogP) is 3.56. The van der Waals surface area contributed by atoms with E-state index in [1.54, 1.807) is 13.8 Å². The lowest BCUT2D eigenvalue weighted by atomic mass is 9.45.